The standard InChI is InChI=1S/C11H7N3O/c1-2-4-10-8(3-1)5-9(6-12-10)11-13-7-15-14-11/h1-7H. The molecular weight excluding hydrogens is 190 g/mol. The summed E-state index contributed by atoms with van der Waals surface area (Å²) in [6.07, 6.45) is 3.05. The van der Waals surface area contributed by atoms with Crippen molar-refractivity contribution >= 4 is 10.9 Å². The van der Waals surface area contributed by atoms with Crippen molar-refractivity contribution in [1.29, 1.82) is 0 Å². The van der Waals surface area contributed by atoms with Gasteiger partial charge in [-0.15, -0.1) is 0 Å². The maximum Gasteiger partial charge on any atom is 0.214 e. The molecule has 0 fully saturated rings. The molecule has 0 bridgehead atoms. The number of aromatic nitrogens is 3. The van der Waals surface area contributed by atoms with Crippen LogP contribution in [-0.2, 0) is 0 Å². The molecule has 0 unspecified atom stereocenters. The molecule has 0 atom stereocenters. The molecule has 0 aliphatic rings. The van der Waals surface area contributed by atoms with Crippen LogP contribution in [0.5, 0.6) is 0 Å². The van der Waals surface area contributed by atoms with Crippen LogP contribution in [0.25, 0.3) is 22.3 Å². The summed E-state index contributed by atoms with van der Waals surface area (Å²) in [6, 6.07) is 9.90. The van der Waals surface area contributed by atoms with E-state index in [4.69, 9.17) is 4.52 Å². The van der Waals surface area contributed by atoms with Gasteiger partial charge in [0.05, 0.1) is 5.52 Å². The van der Waals surface area contributed by atoms with Crippen molar-refractivity contribution in [2.24, 2.45) is 0 Å². The molecule has 3 aromatic rings. The van der Waals surface area contributed by atoms with Crippen LogP contribution in [0.3, 0.4) is 0 Å². The van der Waals surface area contributed by atoms with Gasteiger partial charge in [0.15, 0.2) is 0 Å². The van der Waals surface area contributed by atoms with Crippen LogP contribution in [0.2, 0.25) is 0 Å². The number of hydrogen-bond donors (Lipinski definition) is 0. The summed E-state index contributed by atoms with van der Waals surface area (Å²) in [4.78, 5) is 8.29. The average molecular weight is 197 g/mol. The Bertz CT molecular complexity index is 590. The van der Waals surface area contributed by atoms with Crippen LogP contribution in [-0.4, -0.2) is 15.1 Å². The molecular formula is C11H7N3O. The molecule has 0 aliphatic heterocycles. The normalized spacial score (nSPS) is 10.7. The Balaban J connectivity index is 2.22. The quantitative estimate of drug-likeness (QED) is 0.600. The van der Waals surface area contributed by atoms with E-state index < -0.39 is 0 Å². The number of benzene rings is 1. The summed E-state index contributed by atoms with van der Waals surface area (Å²) in [5, 5.41) is 4.84. The average Bonchev–Trinajstić information content (AvgIpc) is 2.82. The molecule has 1 aromatic carbocycles. The smallest absolute Gasteiger partial charge is 0.214 e. The van der Waals surface area contributed by atoms with E-state index in [9.17, 15) is 0 Å². The summed E-state index contributed by atoms with van der Waals surface area (Å²) in [6.45, 7) is 0. The van der Waals surface area contributed by atoms with Gasteiger partial charge in [-0.3, -0.25) is 4.98 Å². The van der Waals surface area contributed by atoms with Gasteiger partial charge in [-0.1, -0.05) is 23.4 Å². The Labute approximate surface area is 85.6 Å². The van der Waals surface area contributed by atoms with Crippen LogP contribution in [0.15, 0.2) is 47.4 Å². The zero-order valence-corrected chi connectivity index (χ0v) is 7.79. The monoisotopic (exact) mass is 197 g/mol. The van der Waals surface area contributed by atoms with Crippen LogP contribution in [0.1, 0.15) is 0 Å². The predicted molar refractivity (Wildman–Crippen MR) is 55.0 cm³/mol. The van der Waals surface area contributed by atoms with Gasteiger partial charge in [0.1, 0.15) is 0 Å². The van der Waals surface area contributed by atoms with Gasteiger partial charge in [-0.2, -0.15) is 4.98 Å². The maximum absolute atomic E-state index is 4.69. The molecule has 3 rings (SSSR count). The van der Waals surface area contributed by atoms with E-state index in [1.165, 1.54) is 6.39 Å². The van der Waals surface area contributed by atoms with Crippen molar-refractivity contribution in [1.82, 2.24) is 15.1 Å². The molecule has 0 N–H and O–H groups in total. The molecule has 0 spiro atoms. The minimum atomic E-state index is 0.563. The first-order chi connectivity index (χ1) is 7.43. The highest BCUT2D eigenvalue weighted by Crippen LogP contribution is 2.18. The summed E-state index contributed by atoms with van der Waals surface area (Å²) >= 11 is 0. The molecule has 2 aromatic heterocycles. The lowest BCUT2D eigenvalue weighted by molar-refractivity contribution is 0.418. The van der Waals surface area contributed by atoms with Gasteiger partial charge in [0.25, 0.3) is 0 Å². The number of rotatable bonds is 1. The second-order valence-electron chi connectivity index (χ2n) is 3.17. The number of hydrogen-bond acceptors (Lipinski definition) is 4. The van der Waals surface area contributed by atoms with Crippen molar-refractivity contribution in [2.45, 2.75) is 0 Å². The number of para-hydroxylation sites is 1. The number of pyridine rings is 1. The van der Waals surface area contributed by atoms with Gasteiger partial charge < -0.3 is 4.52 Å². The van der Waals surface area contributed by atoms with Crippen molar-refractivity contribution in [3.05, 3.63) is 42.9 Å². The molecule has 15 heavy (non-hydrogen) atoms. The molecule has 4 heteroatoms. The second kappa shape index (κ2) is 3.16. The molecule has 72 valence electrons. The van der Waals surface area contributed by atoms with E-state index in [2.05, 4.69) is 15.1 Å². The first kappa shape index (κ1) is 8.11. The van der Waals surface area contributed by atoms with Gasteiger partial charge in [0, 0.05) is 17.1 Å². The highest BCUT2D eigenvalue weighted by Gasteiger charge is 2.03. The molecule has 0 aliphatic carbocycles. The number of fused-ring (bicyclic) bond motifs is 1. The Morgan fingerprint density at radius 3 is 2.87 bits per heavy atom. The van der Waals surface area contributed by atoms with E-state index in [0.717, 1.165) is 16.5 Å². The van der Waals surface area contributed by atoms with E-state index >= 15 is 0 Å². The third-order valence-electron chi connectivity index (χ3n) is 2.21. The summed E-state index contributed by atoms with van der Waals surface area (Å²) < 4.78 is 4.69. The van der Waals surface area contributed by atoms with Gasteiger partial charge in [-0.05, 0) is 12.1 Å². The summed E-state index contributed by atoms with van der Waals surface area (Å²) in [5.41, 5.74) is 1.83. The van der Waals surface area contributed by atoms with Crippen LogP contribution in [0, 0.1) is 0 Å². The third kappa shape index (κ3) is 1.36. The minimum absolute atomic E-state index is 0.563. The van der Waals surface area contributed by atoms with Crippen molar-refractivity contribution in [2.75, 3.05) is 0 Å². The lowest BCUT2D eigenvalue weighted by Crippen LogP contribution is -1.84. The third-order valence-corrected chi connectivity index (χ3v) is 2.21. The zero-order valence-electron chi connectivity index (χ0n) is 7.79. The fourth-order valence-electron chi connectivity index (χ4n) is 1.49. The topological polar surface area (TPSA) is 51.8 Å². The molecule has 4 nitrogen and oxygen atoms in total. The zero-order chi connectivity index (χ0) is 10.1. The molecule has 0 saturated heterocycles. The van der Waals surface area contributed by atoms with Gasteiger partial charge in [0.2, 0.25) is 12.2 Å². The highest BCUT2D eigenvalue weighted by atomic mass is 16.5. The fraction of sp³-hybridized carbons (Fsp3) is 0. The van der Waals surface area contributed by atoms with Crippen LogP contribution in [0.4, 0.5) is 0 Å². The first-order valence-corrected chi connectivity index (χ1v) is 4.55. The molecule has 0 saturated carbocycles. The van der Waals surface area contributed by atoms with E-state index in [1.54, 1.807) is 6.20 Å². The SMILES string of the molecule is c1ccc2ncc(-c3ncon3)cc2c1. The first-order valence-electron chi connectivity index (χ1n) is 4.55. The second-order valence-corrected chi connectivity index (χ2v) is 3.17. The minimum Gasteiger partial charge on any atom is -0.342 e. The Morgan fingerprint density at radius 1 is 1.07 bits per heavy atom. The predicted octanol–water partition coefficient (Wildman–Crippen LogP) is 2.28. The molecule has 0 amide bonds. The van der Waals surface area contributed by atoms with Crippen molar-refractivity contribution < 1.29 is 4.52 Å². The van der Waals surface area contributed by atoms with Crippen LogP contribution >= 0.6 is 0 Å². The lowest BCUT2D eigenvalue weighted by atomic mass is 10.1. The Morgan fingerprint density at radius 2 is 2.00 bits per heavy atom. The summed E-state index contributed by atoms with van der Waals surface area (Å²) in [5.74, 6) is 0.563. The van der Waals surface area contributed by atoms with Crippen LogP contribution < -0.4 is 0 Å². The number of nitrogens with zero attached hydrogens (tertiary/aromatic N) is 3. The van der Waals surface area contributed by atoms with E-state index in [-0.39, 0.29) is 0 Å². The Kier molecular flexibility index (Phi) is 1.71. The van der Waals surface area contributed by atoms with E-state index in [0.29, 0.717) is 5.82 Å². The van der Waals surface area contributed by atoms with Gasteiger partial charge >= 0.3 is 0 Å². The fourth-order valence-corrected chi connectivity index (χ4v) is 1.49. The highest BCUT2D eigenvalue weighted by molar-refractivity contribution is 5.82. The Hall–Kier alpha value is -2.23. The summed E-state index contributed by atoms with van der Waals surface area (Å²) in [7, 11) is 0. The largest absolute Gasteiger partial charge is 0.342 e. The van der Waals surface area contributed by atoms with Gasteiger partial charge in [-0.25, -0.2) is 0 Å². The molecule has 2 heterocycles. The lowest BCUT2D eigenvalue weighted by Gasteiger charge is -1.97. The van der Waals surface area contributed by atoms with Crippen molar-refractivity contribution in [3.8, 4) is 11.4 Å². The van der Waals surface area contributed by atoms with E-state index in [1.807, 2.05) is 30.3 Å². The maximum atomic E-state index is 4.69. The van der Waals surface area contributed by atoms with Crippen molar-refractivity contribution in [3.63, 3.8) is 0 Å². The molecule has 0 radical (unpaired) electrons.